The van der Waals surface area contributed by atoms with E-state index < -0.39 is 11.2 Å². The average molecular weight is 222 g/mol. The lowest BCUT2D eigenvalue weighted by Gasteiger charge is -2.07. The number of rotatable bonds is 4. The monoisotopic (exact) mass is 222 g/mol. The summed E-state index contributed by atoms with van der Waals surface area (Å²) >= 11 is 0. The summed E-state index contributed by atoms with van der Waals surface area (Å²) in [6.07, 6.45) is 3.09. The molecule has 0 unspecified atom stereocenters. The predicted octanol–water partition coefficient (Wildman–Crippen LogP) is -0.0560. The van der Waals surface area contributed by atoms with Gasteiger partial charge in [-0.2, -0.15) is 0 Å². The number of nitrogens with one attached hydrogen (secondary N) is 1. The van der Waals surface area contributed by atoms with Crippen molar-refractivity contribution in [3.05, 3.63) is 39.6 Å². The highest BCUT2D eigenvalue weighted by molar-refractivity contribution is 5.58. The van der Waals surface area contributed by atoms with Gasteiger partial charge in [0.1, 0.15) is 5.82 Å². The van der Waals surface area contributed by atoms with Crippen LogP contribution in [0.3, 0.4) is 0 Å². The summed E-state index contributed by atoms with van der Waals surface area (Å²) in [5, 5.41) is 0. The lowest BCUT2D eigenvalue weighted by atomic mass is 10.5. The molecule has 0 atom stereocenters. The number of aliphatic imine (C=N–C) groups is 1. The van der Waals surface area contributed by atoms with Gasteiger partial charge in [0.2, 0.25) is 0 Å². The largest absolute Gasteiger partial charge is 0.369 e. The van der Waals surface area contributed by atoms with E-state index in [2.05, 4.69) is 16.6 Å². The molecule has 0 saturated carbocycles. The van der Waals surface area contributed by atoms with Crippen LogP contribution in [0.5, 0.6) is 0 Å². The van der Waals surface area contributed by atoms with Gasteiger partial charge in [0.05, 0.1) is 6.34 Å². The zero-order valence-corrected chi connectivity index (χ0v) is 9.30. The van der Waals surface area contributed by atoms with Gasteiger partial charge in [-0.15, -0.1) is 6.58 Å². The van der Waals surface area contributed by atoms with Crippen LogP contribution >= 0.6 is 0 Å². The molecule has 1 heterocycles. The van der Waals surface area contributed by atoms with Crippen LogP contribution in [0.1, 0.15) is 0 Å². The third kappa shape index (κ3) is 2.94. The number of hydrogen-bond donors (Lipinski definition) is 1. The van der Waals surface area contributed by atoms with Crippen molar-refractivity contribution in [3.8, 4) is 0 Å². The molecule has 6 heteroatoms. The molecule has 0 aliphatic rings. The van der Waals surface area contributed by atoms with E-state index in [1.807, 2.05) is 0 Å². The molecule has 0 aliphatic heterocycles. The second kappa shape index (κ2) is 5.11. The second-order valence-electron chi connectivity index (χ2n) is 3.40. The molecule has 16 heavy (non-hydrogen) atoms. The summed E-state index contributed by atoms with van der Waals surface area (Å²) in [7, 11) is 3.60. The first-order chi connectivity index (χ1) is 7.54. The molecule has 0 aliphatic carbocycles. The summed E-state index contributed by atoms with van der Waals surface area (Å²) in [5.74, 6) is 0.308. The number of allylic oxidation sites excluding steroid dienone is 1. The Balaban J connectivity index is 3.29. The Morgan fingerprint density at radius 1 is 1.56 bits per heavy atom. The van der Waals surface area contributed by atoms with Gasteiger partial charge in [-0.1, -0.05) is 6.08 Å². The van der Waals surface area contributed by atoms with E-state index in [0.29, 0.717) is 12.4 Å². The quantitative estimate of drug-likeness (QED) is 0.441. The van der Waals surface area contributed by atoms with Crippen molar-refractivity contribution >= 4 is 12.2 Å². The van der Waals surface area contributed by atoms with E-state index in [-0.39, 0.29) is 0 Å². The Morgan fingerprint density at radius 2 is 2.25 bits per heavy atom. The highest BCUT2D eigenvalue weighted by atomic mass is 16.2. The molecule has 0 amide bonds. The summed E-state index contributed by atoms with van der Waals surface area (Å²) in [4.78, 5) is 30.5. The molecule has 0 saturated heterocycles. The molecule has 0 radical (unpaired) electrons. The first-order valence-corrected chi connectivity index (χ1v) is 4.70. The van der Waals surface area contributed by atoms with Gasteiger partial charge in [-0.05, 0) is 0 Å². The van der Waals surface area contributed by atoms with Crippen molar-refractivity contribution in [2.75, 3.05) is 14.1 Å². The van der Waals surface area contributed by atoms with Crippen molar-refractivity contribution in [1.29, 1.82) is 0 Å². The molecule has 0 aromatic carbocycles. The third-order valence-corrected chi connectivity index (χ3v) is 1.74. The SMILES string of the molecule is C=CCn1c(/N=C\N(C)C)cc(=O)[nH]c1=O. The second-order valence-corrected chi connectivity index (χ2v) is 3.40. The Labute approximate surface area is 92.6 Å². The molecule has 1 rings (SSSR count). The lowest BCUT2D eigenvalue weighted by molar-refractivity contribution is 0.640. The zero-order valence-electron chi connectivity index (χ0n) is 9.30. The van der Waals surface area contributed by atoms with Crippen LogP contribution < -0.4 is 11.2 Å². The van der Waals surface area contributed by atoms with Crippen molar-refractivity contribution in [2.45, 2.75) is 6.54 Å². The molecule has 1 N–H and O–H groups in total. The van der Waals surface area contributed by atoms with Crippen LogP contribution in [0.25, 0.3) is 0 Å². The van der Waals surface area contributed by atoms with Crippen molar-refractivity contribution in [3.63, 3.8) is 0 Å². The molecule has 0 fully saturated rings. The van der Waals surface area contributed by atoms with E-state index in [1.165, 1.54) is 17.0 Å². The van der Waals surface area contributed by atoms with Crippen LogP contribution in [0.15, 0.2) is 33.3 Å². The van der Waals surface area contributed by atoms with Gasteiger partial charge in [-0.3, -0.25) is 14.3 Å². The minimum atomic E-state index is -0.488. The Hall–Kier alpha value is -2.11. The van der Waals surface area contributed by atoms with Crippen LogP contribution in [-0.2, 0) is 6.54 Å². The highest BCUT2D eigenvalue weighted by Crippen LogP contribution is 2.04. The van der Waals surface area contributed by atoms with Gasteiger partial charge in [0.15, 0.2) is 0 Å². The lowest BCUT2D eigenvalue weighted by Crippen LogP contribution is -2.29. The van der Waals surface area contributed by atoms with Gasteiger partial charge < -0.3 is 4.90 Å². The average Bonchev–Trinajstić information content (AvgIpc) is 2.19. The van der Waals surface area contributed by atoms with Crippen molar-refractivity contribution < 1.29 is 0 Å². The molecular formula is C10H14N4O2. The smallest absolute Gasteiger partial charge is 0.330 e. The molecule has 1 aromatic heterocycles. The summed E-state index contributed by atoms with van der Waals surface area (Å²) in [6.45, 7) is 3.84. The first kappa shape index (κ1) is 12.0. The van der Waals surface area contributed by atoms with Crippen molar-refractivity contribution in [1.82, 2.24) is 14.5 Å². The number of aromatic nitrogens is 2. The fourth-order valence-corrected chi connectivity index (χ4v) is 1.10. The summed E-state index contributed by atoms with van der Waals surface area (Å²) in [6, 6.07) is 1.27. The van der Waals surface area contributed by atoms with E-state index in [0.717, 1.165) is 0 Å². The van der Waals surface area contributed by atoms with E-state index in [9.17, 15) is 9.59 Å². The molecule has 6 nitrogen and oxygen atoms in total. The van der Waals surface area contributed by atoms with Gasteiger partial charge in [0, 0.05) is 26.7 Å². The predicted molar refractivity (Wildman–Crippen MR) is 63.4 cm³/mol. The fourth-order valence-electron chi connectivity index (χ4n) is 1.10. The summed E-state index contributed by atoms with van der Waals surface area (Å²) in [5.41, 5.74) is -0.950. The zero-order chi connectivity index (χ0) is 12.1. The summed E-state index contributed by atoms with van der Waals surface area (Å²) < 4.78 is 1.33. The minimum Gasteiger partial charge on any atom is -0.369 e. The van der Waals surface area contributed by atoms with Crippen LogP contribution in [0, 0.1) is 0 Å². The van der Waals surface area contributed by atoms with E-state index in [1.54, 1.807) is 25.1 Å². The Bertz CT molecular complexity index is 510. The number of hydrogen-bond acceptors (Lipinski definition) is 3. The first-order valence-electron chi connectivity index (χ1n) is 4.70. The Morgan fingerprint density at radius 3 is 2.81 bits per heavy atom. The third-order valence-electron chi connectivity index (χ3n) is 1.74. The maximum Gasteiger partial charge on any atom is 0.330 e. The van der Waals surface area contributed by atoms with Gasteiger partial charge in [-0.25, -0.2) is 9.79 Å². The number of aromatic amines is 1. The molecule has 0 bridgehead atoms. The van der Waals surface area contributed by atoms with Gasteiger partial charge >= 0.3 is 5.69 Å². The van der Waals surface area contributed by atoms with E-state index in [4.69, 9.17) is 0 Å². The van der Waals surface area contributed by atoms with Gasteiger partial charge in [0.25, 0.3) is 5.56 Å². The standard InChI is InChI=1S/C10H14N4O2/c1-4-5-14-8(11-7-13(2)3)6-9(15)12-10(14)16/h4,6-7H,1,5H2,2-3H3,(H,12,15,16)/b11-7-. The maximum absolute atomic E-state index is 11.5. The highest BCUT2D eigenvalue weighted by Gasteiger charge is 2.02. The minimum absolute atomic E-state index is 0.301. The van der Waals surface area contributed by atoms with Crippen molar-refractivity contribution in [2.24, 2.45) is 4.99 Å². The van der Waals surface area contributed by atoms with E-state index >= 15 is 0 Å². The fraction of sp³-hybridized carbons (Fsp3) is 0.300. The Kier molecular flexibility index (Phi) is 3.82. The molecule has 1 aromatic rings. The topological polar surface area (TPSA) is 70.5 Å². The number of nitrogens with zero attached hydrogens (tertiary/aromatic N) is 3. The molecule has 0 spiro atoms. The number of H-pyrrole nitrogens is 1. The van der Waals surface area contributed by atoms with Crippen LogP contribution in [0.4, 0.5) is 5.82 Å². The molecule has 86 valence electrons. The normalized spacial score (nSPS) is 10.6. The van der Waals surface area contributed by atoms with Crippen LogP contribution in [0.2, 0.25) is 0 Å². The van der Waals surface area contributed by atoms with Crippen LogP contribution in [-0.4, -0.2) is 34.9 Å². The maximum atomic E-state index is 11.5. The molecular weight excluding hydrogens is 208 g/mol.